The Morgan fingerprint density at radius 1 is 0.966 bits per heavy atom. The Hall–Kier alpha value is -2.41. The van der Waals surface area contributed by atoms with Crippen molar-refractivity contribution in [3.05, 3.63) is 30.1 Å². The zero-order chi connectivity index (χ0) is 20.0. The number of carbonyl (C=O) groups excluding carboxylic acids is 2. The molecule has 5 rings (SSSR count). The van der Waals surface area contributed by atoms with Crippen LogP contribution >= 0.6 is 0 Å². The lowest BCUT2D eigenvalue weighted by atomic mass is 9.91. The summed E-state index contributed by atoms with van der Waals surface area (Å²) in [6, 6.07) is 8.50. The van der Waals surface area contributed by atoms with Gasteiger partial charge in [-0.2, -0.15) is 0 Å². The normalized spacial score (nSPS) is 21.7. The SMILES string of the molecule is Cn1c(C(=O)N2CC(C(=O)N3CCCN(C4CCC4)CC3)C2)nc2ccccc21. The molecule has 1 aromatic carbocycles. The van der Waals surface area contributed by atoms with Crippen LogP contribution in [0, 0.1) is 5.92 Å². The molecular formula is C22H29N5O2. The molecule has 3 aliphatic rings. The first kappa shape index (κ1) is 18.6. The average Bonchev–Trinajstić information content (AvgIpc) is 2.82. The maximum Gasteiger partial charge on any atom is 0.289 e. The third-order valence-corrected chi connectivity index (χ3v) is 6.93. The van der Waals surface area contributed by atoms with E-state index in [0.29, 0.717) is 18.9 Å². The summed E-state index contributed by atoms with van der Waals surface area (Å²) in [6.45, 7) is 4.78. The van der Waals surface area contributed by atoms with Gasteiger partial charge in [0.1, 0.15) is 0 Å². The van der Waals surface area contributed by atoms with Gasteiger partial charge in [0.05, 0.1) is 17.0 Å². The fourth-order valence-corrected chi connectivity index (χ4v) is 4.81. The third-order valence-electron chi connectivity index (χ3n) is 6.93. The minimum atomic E-state index is -0.0835. The number of carbonyl (C=O) groups is 2. The van der Waals surface area contributed by atoms with Crippen LogP contribution in [0.25, 0.3) is 11.0 Å². The largest absolute Gasteiger partial charge is 0.341 e. The van der Waals surface area contributed by atoms with Gasteiger partial charge in [-0.05, 0) is 31.4 Å². The molecule has 1 aromatic heterocycles. The van der Waals surface area contributed by atoms with Gasteiger partial charge in [0.2, 0.25) is 5.91 Å². The highest BCUT2D eigenvalue weighted by atomic mass is 16.2. The van der Waals surface area contributed by atoms with Crippen LogP contribution in [-0.4, -0.2) is 81.4 Å². The van der Waals surface area contributed by atoms with E-state index in [-0.39, 0.29) is 17.7 Å². The van der Waals surface area contributed by atoms with E-state index in [4.69, 9.17) is 0 Å². The highest BCUT2D eigenvalue weighted by Gasteiger charge is 2.40. The Bertz CT molecular complexity index is 928. The van der Waals surface area contributed by atoms with Crippen LogP contribution in [0.15, 0.2) is 24.3 Å². The maximum absolute atomic E-state index is 13.0. The van der Waals surface area contributed by atoms with Crippen LogP contribution < -0.4 is 0 Å². The van der Waals surface area contributed by atoms with E-state index in [9.17, 15) is 9.59 Å². The molecule has 1 aliphatic carbocycles. The molecule has 1 saturated carbocycles. The second-order valence-corrected chi connectivity index (χ2v) is 8.69. The zero-order valence-corrected chi connectivity index (χ0v) is 17.1. The van der Waals surface area contributed by atoms with E-state index in [1.165, 1.54) is 19.3 Å². The van der Waals surface area contributed by atoms with Gasteiger partial charge < -0.3 is 14.4 Å². The molecule has 7 heteroatoms. The second kappa shape index (κ2) is 7.44. The predicted molar refractivity (Wildman–Crippen MR) is 111 cm³/mol. The van der Waals surface area contributed by atoms with E-state index >= 15 is 0 Å². The summed E-state index contributed by atoms with van der Waals surface area (Å²) >= 11 is 0. The Morgan fingerprint density at radius 2 is 1.76 bits per heavy atom. The van der Waals surface area contributed by atoms with Crippen molar-refractivity contribution in [2.75, 3.05) is 39.3 Å². The topological polar surface area (TPSA) is 61.7 Å². The molecule has 7 nitrogen and oxygen atoms in total. The summed E-state index contributed by atoms with van der Waals surface area (Å²) in [5.41, 5.74) is 1.77. The zero-order valence-electron chi connectivity index (χ0n) is 17.1. The smallest absolute Gasteiger partial charge is 0.289 e. The van der Waals surface area contributed by atoms with Crippen molar-refractivity contribution in [1.82, 2.24) is 24.3 Å². The number of nitrogens with zero attached hydrogens (tertiary/aromatic N) is 5. The van der Waals surface area contributed by atoms with Crippen molar-refractivity contribution >= 4 is 22.8 Å². The van der Waals surface area contributed by atoms with Gasteiger partial charge in [-0.1, -0.05) is 18.6 Å². The van der Waals surface area contributed by atoms with Crippen LogP contribution in [0.3, 0.4) is 0 Å². The lowest BCUT2D eigenvalue weighted by Gasteiger charge is -2.40. The number of aryl methyl sites for hydroxylation is 1. The summed E-state index contributed by atoms with van der Waals surface area (Å²) < 4.78 is 1.84. The molecule has 3 fully saturated rings. The summed E-state index contributed by atoms with van der Waals surface area (Å²) in [7, 11) is 1.87. The fourth-order valence-electron chi connectivity index (χ4n) is 4.81. The van der Waals surface area contributed by atoms with Crippen LogP contribution in [0.2, 0.25) is 0 Å². The third kappa shape index (κ3) is 3.31. The van der Waals surface area contributed by atoms with Gasteiger partial charge in [0.25, 0.3) is 5.91 Å². The van der Waals surface area contributed by atoms with Crippen molar-refractivity contribution in [3.63, 3.8) is 0 Å². The summed E-state index contributed by atoms with van der Waals surface area (Å²) in [5, 5.41) is 0. The number of hydrogen-bond acceptors (Lipinski definition) is 4. The lowest BCUT2D eigenvalue weighted by Crippen LogP contribution is -2.57. The Balaban J connectivity index is 1.18. The Morgan fingerprint density at radius 3 is 2.48 bits per heavy atom. The van der Waals surface area contributed by atoms with Gasteiger partial charge in [-0.15, -0.1) is 0 Å². The van der Waals surface area contributed by atoms with Crippen LogP contribution in [0.4, 0.5) is 0 Å². The molecule has 2 saturated heterocycles. The molecule has 29 heavy (non-hydrogen) atoms. The predicted octanol–water partition coefficient (Wildman–Crippen LogP) is 1.73. The van der Waals surface area contributed by atoms with Crippen molar-refractivity contribution in [2.24, 2.45) is 13.0 Å². The Kier molecular flexibility index (Phi) is 4.78. The van der Waals surface area contributed by atoms with Crippen LogP contribution in [-0.2, 0) is 11.8 Å². The number of aromatic nitrogens is 2. The van der Waals surface area contributed by atoms with Gasteiger partial charge in [0.15, 0.2) is 5.82 Å². The highest BCUT2D eigenvalue weighted by molar-refractivity contribution is 5.96. The maximum atomic E-state index is 13.0. The number of fused-ring (bicyclic) bond motifs is 1. The van der Waals surface area contributed by atoms with E-state index < -0.39 is 0 Å². The van der Waals surface area contributed by atoms with Gasteiger partial charge in [-0.25, -0.2) is 4.98 Å². The fraction of sp³-hybridized carbons (Fsp3) is 0.591. The quantitative estimate of drug-likeness (QED) is 0.794. The molecule has 0 radical (unpaired) electrons. The number of rotatable bonds is 3. The molecule has 0 atom stereocenters. The molecule has 154 valence electrons. The molecule has 0 N–H and O–H groups in total. The second-order valence-electron chi connectivity index (χ2n) is 8.69. The number of imidazole rings is 1. The summed E-state index contributed by atoms with van der Waals surface area (Å²) in [5.74, 6) is 0.515. The molecular weight excluding hydrogens is 366 g/mol. The first-order valence-corrected chi connectivity index (χ1v) is 10.9. The lowest BCUT2D eigenvalue weighted by molar-refractivity contribution is -0.139. The molecule has 2 aliphatic heterocycles. The molecule has 2 amide bonds. The first-order valence-electron chi connectivity index (χ1n) is 10.9. The number of benzene rings is 1. The van der Waals surface area contributed by atoms with Crippen molar-refractivity contribution in [3.8, 4) is 0 Å². The Labute approximate surface area is 171 Å². The van der Waals surface area contributed by atoms with Gasteiger partial charge >= 0.3 is 0 Å². The molecule has 0 bridgehead atoms. The standard InChI is InChI=1S/C22H29N5O2/c1-24-19-9-3-2-8-18(19)23-20(24)22(29)27-14-16(15-27)21(28)26-11-5-10-25(12-13-26)17-6-4-7-17/h2-3,8-9,16-17H,4-7,10-15H2,1H3. The van der Waals surface area contributed by atoms with E-state index in [1.807, 2.05) is 40.8 Å². The molecule has 0 spiro atoms. The van der Waals surface area contributed by atoms with Crippen LogP contribution in [0.1, 0.15) is 36.3 Å². The van der Waals surface area contributed by atoms with E-state index in [1.54, 1.807) is 4.90 Å². The molecule has 2 aromatic rings. The minimum absolute atomic E-state index is 0.0658. The van der Waals surface area contributed by atoms with Gasteiger partial charge in [-0.3, -0.25) is 14.5 Å². The van der Waals surface area contributed by atoms with Crippen molar-refractivity contribution < 1.29 is 9.59 Å². The molecule has 0 unspecified atom stereocenters. The van der Waals surface area contributed by atoms with E-state index in [0.717, 1.165) is 49.7 Å². The van der Waals surface area contributed by atoms with Gasteiger partial charge in [0, 0.05) is 52.4 Å². The summed E-state index contributed by atoms with van der Waals surface area (Å²) in [6.07, 6.45) is 5.03. The number of likely N-dealkylation sites (tertiary alicyclic amines) is 1. The average molecular weight is 396 g/mol. The van der Waals surface area contributed by atoms with E-state index in [2.05, 4.69) is 9.88 Å². The van der Waals surface area contributed by atoms with Crippen LogP contribution in [0.5, 0.6) is 0 Å². The minimum Gasteiger partial charge on any atom is -0.341 e. The summed E-state index contributed by atoms with van der Waals surface area (Å²) in [4.78, 5) is 36.7. The monoisotopic (exact) mass is 395 g/mol. The number of hydrogen-bond donors (Lipinski definition) is 0. The molecule has 3 heterocycles. The number of amides is 2. The van der Waals surface area contributed by atoms with Crippen molar-refractivity contribution in [2.45, 2.75) is 31.7 Å². The van der Waals surface area contributed by atoms with Crippen molar-refractivity contribution in [1.29, 1.82) is 0 Å². The number of para-hydroxylation sites is 2. The highest BCUT2D eigenvalue weighted by Crippen LogP contribution is 2.27. The first-order chi connectivity index (χ1) is 14.1.